The van der Waals surface area contributed by atoms with Crippen molar-refractivity contribution in [3.8, 4) is 5.75 Å². The highest BCUT2D eigenvalue weighted by atomic mass is 19.2. The summed E-state index contributed by atoms with van der Waals surface area (Å²) in [6.45, 7) is 0. The SMILES string of the molecule is COc1cc(F)c(F)cc1CC1(C(=O)O)CC1. The molecule has 1 N–H and O–H groups in total. The molecule has 2 rings (SSSR count). The number of methoxy groups -OCH3 is 1. The minimum absolute atomic E-state index is 0.169. The predicted molar refractivity (Wildman–Crippen MR) is 55.9 cm³/mol. The van der Waals surface area contributed by atoms with Gasteiger partial charge in [0.05, 0.1) is 12.5 Å². The summed E-state index contributed by atoms with van der Waals surface area (Å²) in [4.78, 5) is 11.0. The highest BCUT2D eigenvalue weighted by molar-refractivity contribution is 5.78. The van der Waals surface area contributed by atoms with Crippen molar-refractivity contribution in [2.75, 3.05) is 7.11 Å². The second kappa shape index (κ2) is 3.98. The van der Waals surface area contributed by atoms with Gasteiger partial charge in [0.15, 0.2) is 11.6 Å². The third kappa shape index (κ3) is 2.09. The molecule has 1 aliphatic rings. The monoisotopic (exact) mass is 242 g/mol. The van der Waals surface area contributed by atoms with E-state index in [1.807, 2.05) is 0 Å². The van der Waals surface area contributed by atoms with Crippen LogP contribution >= 0.6 is 0 Å². The van der Waals surface area contributed by atoms with E-state index in [0.29, 0.717) is 18.4 Å². The van der Waals surface area contributed by atoms with Gasteiger partial charge in [-0.15, -0.1) is 0 Å². The average Bonchev–Trinajstić information content (AvgIpc) is 3.04. The van der Waals surface area contributed by atoms with E-state index in [9.17, 15) is 13.6 Å². The largest absolute Gasteiger partial charge is 0.496 e. The van der Waals surface area contributed by atoms with E-state index in [1.165, 1.54) is 7.11 Å². The van der Waals surface area contributed by atoms with E-state index in [-0.39, 0.29) is 12.2 Å². The molecule has 1 aromatic rings. The summed E-state index contributed by atoms with van der Waals surface area (Å²) in [6, 6.07) is 1.96. The van der Waals surface area contributed by atoms with Gasteiger partial charge in [-0.25, -0.2) is 8.78 Å². The zero-order valence-corrected chi connectivity index (χ0v) is 9.30. The van der Waals surface area contributed by atoms with Gasteiger partial charge in [0.1, 0.15) is 5.75 Å². The topological polar surface area (TPSA) is 46.5 Å². The summed E-state index contributed by atoms with van der Waals surface area (Å²) in [7, 11) is 1.34. The molecule has 0 heterocycles. The van der Waals surface area contributed by atoms with Crippen molar-refractivity contribution in [2.45, 2.75) is 19.3 Å². The number of aliphatic carboxylic acids is 1. The van der Waals surface area contributed by atoms with Gasteiger partial charge in [-0.05, 0) is 30.9 Å². The molecular weight excluding hydrogens is 230 g/mol. The standard InChI is InChI=1S/C12H12F2O3/c1-17-10-5-9(14)8(13)4-7(10)6-12(2-3-12)11(15)16/h4-5H,2-3,6H2,1H3,(H,15,16). The van der Waals surface area contributed by atoms with Crippen LogP contribution in [-0.2, 0) is 11.2 Å². The van der Waals surface area contributed by atoms with Crippen LogP contribution in [0.2, 0.25) is 0 Å². The van der Waals surface area contributed by atoms with Crippen LogP contribution in [0.15, 0.2) is 12.1 Å². The fourth-order valence-corrected chi connectivity index (χ4v) is 1.88. The van der Waals surface area contributed by atoms with E-state index < -0.39 is 23.0 Å². The molecule has 1 aromatic carbocycles. The predicted octanol–water partition coefficient (Wildman–Crippen LogP) is 2.38. The van der Waals surface area contributed by atoms with Crippen LogP contribution in [0.4, 0.5) is 8.78 Å². The third-order valence-corrected chi connectivity index (χ3v) is 3.16. The van der Waals surface area contributed by atoms with Gasteiger partial charge < -0.3 is 9.84 Å². The first-order valence-electron chi connectivity index (χ1n) is 5.24. The van der Waals surface area contributed by atoms with Crippen LogP contribution in [0.3, 0.4) is 0 Å². The van der Waals surface area contributed by atoms with Gasteiger partial charge in [-0.2, -0.15) is 0 Å². The van der Waals surface area contributed by atoms with Crippen LogP contribution in [0.1, 0.15) is 18.4 Å². The fourth-order valence-electron chi connectivity index (χ4n) is 1.88. The van der Waals surface area contributed by atoms with E-state index in [0.717, 1.165) is 12.1 Å². The summed E-state index contributed by atoms with van der Waals surface area (Å²) in [5.74, 6) is -2.69. The molecule has 1 aliphatic carbocycles. The molecule has 0 aromatic heterocycles. The van der Waals surface area contributed by atoms with Crippen molar-refractivity contribution in [3.63, 3.8) is 0 Å². The highest BCUT2D eigenvalue weighted by Gasteiger charge is 2.50. The molecule has 5 heteroatoms. The number of benzene rings is 1. The Kier molecular flexibility index (Phi) is 2.77. The molecule has 0 aliphatic heterocycles. The van der Waals surface area contributed by atoms with Crippen molar-refractivity contribution >= 4 is 5.97 Å². The number of ether oxygens (including phenoxy) is 1. The Bertz CT molecular complexity index is 467. The van der Waals surface area contributed by atoms with Crippen LogP contribution in [0, 0.1) is 17.0 Å². The maximum Gasteiger partial charge on any atom is 0.309 e. The lowest BCUT2D eigenvalue weighted by atomic mass is 9.96. The normalized spacial score (nSPS) is 16.6. The Hall–Kier alpha value is -1.65. The Morgan fingerprint density at radius 2 is 2.00 bits per heavy atom. The van der Waals surface area contributed by atoms with Crippen LogP contribution in [-0.4, -0.2) is 18.2 Å². The minimum atomic E-state index is -0.995. The first-order valence-corrected chi connectivity index (χ1v) is 5.24. The van der Waals surface area contributed by atoms with Crippen molar-refractivity contribution in [1.82, 2.24) is 0 Å². The lowest BCUT2D eigenvalue weighted by Crippen LogP contribution is -2.18. The van der Waals surface area contributed by atoms with Crippen molar-refractivity contribution in [3.05, 3.63) is 29.3 Å². The number of carbonyl (C=O) groups is 1. The number of carboxylic acid groups (broad SMARTS) is 1. The number of hydrogen-bond donors (Lipinski definition) is 1. The van der Waals surface area contributed by atoms with E-state index in [2.05, 4.69) is 0 Å². The van der Waals surface area contributed by atoms with Gasteiger partial charge >= 0.3 is 5.97 Å². The van der Waals surface area contributed by atoms with E-state index in [4.69, 9.17) is 9.84 Å². The lowest BCUT2D eigenvalue weighted by Gasteiger charge is -2.13. The second-order valence-electron chi connectivity index (χ2n) is 4.34. The minimum Gasteiger partial charge on any atom is -0.496 e. The van der Waals surface area contributed by atoms with Crippen LogP contribution in [0.5, 0.6) is 5.75 Å². The smallest absolute Gasteiger partial charge is 0.309 e. The molecule has 17 heavy (non-hydrogen) atoms. The summed E-state index contributed by atoms with van der Waals surface area (Å²) in [6.07, 6.45) is 1.29. The molecular formula is C12H12F2O3. The summed E-state index contributed by atoms with van der Waals surface area (Å²) < 4.78 is 31.0. The molecule has 3 nitrogen and oxygen atoms in total. The molecule has 0 spiro atoms. The lowest BCUT2D eigenvalue weighted by molar-refractivity contribution is -0.143. The third-order valence-electron chi connectivity index (χ3n) is 3.16. The molecule has 0 unspecified atom stereocenters. The molecule has 0 atom stereocenters. The first-order chi connectivity index (χ1) is 7.98. The van der Waals surface area contributed by atoms with Crippen molar-refractivity contribution < 1.29 is 23.4 Å². The maximum absolute atomic E-state index is 13.1. The number of hydrogen-bond acceptors (Lipinski definition) is 2. The van der Waals surface area contributed by atoms with Gasteiger partial charge in [0, 0.05) is 6.07 Å². The first kappa shape index (κ1) is 11.8. The zero-order chi connectivity index (χ0) is 12.6. The molecule has 0 bridgehead atoms. The highest BCUT2D eigenvalue weighted by Crippen LogP contribution is 2.49. The second-order valence-corrected chi connectivity index (χ2v) is 4.34. The quantitative estimate of drug-likeness (QED) is 0.881. The average molecular weight is 242 g/mol. The van der Waals surface area contributed by atoms with Gasteiger partial charge in [0.25, 0.3) is 0 Å². The van der Waals surface area contributed by atoms with E-state index >= 15 is 0 Å². The summed E-state index contributed by atoms with van der Waals surface area (Å²) in [5, 5.41) is 9.04. The van der Waals surface area contributed by atoms with Crippen molar-refractivity contribution in [2.24, 2.45) is 5.41 Å². The van der Waals surface area contributed by atoms with Crippen LogP contribution < -0.4 is 4.74 Å². The molecule has 92 valence electrons. The Labute approximate surface area is 97.0 Å². The van der Waals surface area contributed by atoms with Gasteiger partial charge in [0.2, 0.25) is 0 Å². The molecule has 0 radical (unpaired) electrons. The van der Waals surface area contributed by atoms with Gasteiger partial charge in [-0.3, -0.25) is 4.79 Å². The Morgan fingerprint density at radius 1 is 1.41 bits per heavy atom. The zero-order valence-electron chi connectivity index (χ0n) is 9.30. The summed E-state index contributed by atoms with van der Waals surface area (Å²) in [5.41, 5.74) is -0.427. The van der Waals surface area contributed by atoms with Crippen molar-refractivity contribution in [1.29, 1.82) is 0 Å². The van der Waals surface area contributed by atoms with Crippen LogP contribution in [0.25, 0.3) is 0 Å². The Morgan fingerprint density at radius 3 is 2.47 bits per heavy atom. The van der Waals surface area contributed by atoms with E-state index in [1.54, 1.807) is 0 Å². The molecule has 0 saturated heterocycles. The molecule has 1 fully saturated rings. The summed E-state index contributed by atoms with van der Waals surface area (Å²) >= 11 is 0. The van der Waals surface area contributed by atoms with Gasteiger partial charge in [-0.1, -0.05) is 0 Å². The Balaban J connectivity index is 2.32. The molecule has 0 amide bonds. The maximum atomic E-state index is 13.1. The number of carboxylic acids is 1. The number of halogens is 2. The molecule has 1 saturated carbocycles. The number of rotatable bonds is 4. The fraction of sp³-hybridized carbons (Fsp3) is 0.417.